The summed E-state index contributed by atoms with van der Waals surface area (Å²) >= 11 is 0. The van der Waals surface area contributed by atoms with Crippen molar-refractivity contribution in [3.05, 3.63) is 22.6 Å². The highest BCUT2D eigenvalue weighted by atomic mass is 16.1. The summed E-state index contributed by atoms with van der Waals surface area (Å²) in [6.07, 6.45) is 4.97. The summed E-state index contributed by atoms with van der Waals surface area (Å²) in [5.74, 6) is 6.51. The summed E-state index contributed by atoms with van der Waals surface area (Å²) < 4.78 is 1.45. The molecule has 17 heavy (non-hydrogen) atoms. The molecular weight excluding hydrogens is 214 g/mol. The van der Waals surface area contributed by atoms with Gasteiger partial charge in [-0.15, -0.1) is 11.8 Å². The second-order valence-electron chi connectivity index (χ2n) is 4.31. The van der Waals surface area contributed by atoms with Crippen LogP contribution < -0.4 is 10.9 Å². The highest BCUT2D eigenvalue weighted by molar-refractivity contribution is 5.38. The molecule has 0 aromatic carbocycles. The fourth-order valence-corrected chi connectivity index (χ4v) is 1.57. The molecule has 1 aliphatic carbocycles. The van der Waals surface area contributed by atoms with Gasteiger partial charge in [-0.05, 0) is 25.7 Å². The minimum Gasteiger partial charge on any atom is -0.383 e. The first-order valence-electron chi connectivity index (χ1n) is 6.00. The molecule has 0 amide bonds. The molecular formula is C13H17N3O. The number of anilines is 1. The van der Waals surface area contributed by atoms with Gasteiger partial charge in [-0.3, -0.25) is 4.79 Å². The van der Waals surface area contributed by atoms with Gasteiger partial charge >= 0.3 is 0 Å². The second-order valence-corrected chi connectivity index (χ2v) is 4.31. The van der Waals surface area contributed by atoms with E-state index in [0.29, 0.717) is 13.0 Å². The molecule has 4 nitrogen and oxygen atoms in total. The topological polar surface area (TPSA) is 46.9 Å². The lowest BCUT2D eigenvalue weighted by Gasteiger charge is -2.06. The molecule has 1 aromatic rings. The lowest BCUT2D eigenvalue weighted by molar-refractivity contribution is 0.591. The molecule has 1 saturated carbocycles. The van der Waals surface area contributed by atoms with E-state index in [0.717, 1.165) is 18.2 Å². The fourth-order valence-electron chi connectivity index (χ4n) is 1.57. The Morgan fingerprint density at radius 2 is 2.41 bits per heavy atom. The number of aryl methyl sites for hydroxylation is 1. The lowest BCUT2D eigenvalue weighted by atomic mass is 10.4. The molecule has 0 spiro atoms. The van der Waals surface area contributed by atoms with Crippen LogP contribution in [-0.4, -0.2) is 16.3 Å². The molecule has 1 aliphatic rings. The smallest absolute Gasteiger partial charge is 0.268 e. The standard InChI is InChI=1S/C13H17N3O/c1-2-3-4-7-16-13(17)8-12(10-15-16)14-9-11-5-6-11/h8,10-11,14H,4-7,9H2,1H3. The summed E-state index contributed by atoms with van der Waals surface area (Å²) in [7, 11) is 0. The summed E-state index contributed by atoms with van der Waals surface area (Å²) in [6.45, 7) is 3.30. The van der Waals surface area contributed by atoms with Crippen molar-refractivity contribution in [1.29, 1.82) is 0 Å². The van der Waals surface area contributed by atoms with Gasteiger partial charge in [0.05, 0.1) is 18.4 Å². The summed E-state index contributed by atoms with van der Waals surface area (Å²) in [5, 5.41) is 7.36. The van der Waals surface area contributed by atoms with Crippen LogP contribution >= 0.6 is 0 Å². The van der Waals surface area contributed by atoms with Gasteiger partial charge in [0, 0.05) is 19.0 Å². The third kappa shape index (κ3) is 3.63. The molecule has 90 valence electrons. The van der Waals surface area contributed by atoms with Gasteiger partial charge in [0.15, 0.2) is 0 Å². The molecule has 0 bridgehead atoms. The molecule has 1 aromatic heterocycles. The summed E-state index contributed by atoms with van der Waals surface area (Å²) in [6, 6.07) is 1.61. The van der Waals surface area contributed by atoms with Gasteiger partial charge in [-0.25, -0.2) is 4.68 Å². The van der Waals surface area contributed by atoms with Crippen molar-refractivity contribution in [2.24, 2.45) is 5.92 Å². The minimum atomic E-state index is -0.0660. The van der Waals surface area contributed by atoms with Crippen LogP contribution in [0.15, 0.2) is 17.1 Å². The average molecular weight is 231 g/mol. The van der Waals surface area contributed by atoms with Gasteiger partial charge in [-0.1, -0.05) is 0 Å². The van der Waals surface area contributed by atoms with Crippen LogP contribution in [0.25, 0.3) is 0 Å². The van der Waals surface area contributed by atoms with Crippen molar-refractivity contribution in [2.75, 3.05) is 11.9 Å². The molecule has 4 heteroatoms. The molecule has 0 saturated heterocycles. The predicted octanol–water partition coefficient (Wildman–Crippen LogP) is 1.48. The SMILES string of the molecule is CC#CCCn1ncc(NCC2CC2)cc1=O. The molecule has 0 unspecified atom stereocenters. The monoisotopic (exact) mass is 231 g/mol. The number of nitrogens with zero attached hydrogens (tertiary/aromatic N) is 2. The molecule has 1 N–H and O–H groups in total. The highest BCUT2D eigenvalue weighted by Gasteiger charge is 2.20. The van der Waals surface area contributed by atoms with Gasteiger partial charge in [0.1, 0.15) is 0 Å². The maximum atomic E-state index is 11.7. The fraction of sp³-hybridized carbons (Fsp3) is 0.538. The predicted molar refractivity (Wildman–Crippen MR) is 67.8 cm³/mol. The van der Waals surface area contributed by atoms with Gasteiger partial charge in [-0.2, -0.15) is 5.10 Å². The zero-order chi connectivity index (χ0) is 12.1. The van der Waals surface area contributed by atoms with Crippen LogP contribution in [0.1, 0.15) is 26.2 Å². The first kappa shape index (κ1) is 11.7. The average Bonchev–Trinajstić information content (AvgIpc) is 3.13. The number of hydrogen-bond donors (Lipinski definition) is 1. The van der Waals surface area contributed by atoms with E-state index in [4.69, 9.17) is 0 Å². The van der Waals surface area contributed by atoms with E-state index in [1.165, 1.54) is 17.5 Å². The van der Waals surface area contributed by atoms with E-state index in [2.05, 4.69) is 22.3 Å². The number of aromatic nitrogens is 2. The molecule has 0 aliphatic heterocycles. The van der Waals surface area contributed by atoms with E-state index in [9.17, 15) is 4.79 Å². The lowest BCUT2D eigenvalue weighted by Crippen LogP contribution is -2.22. The Morgan fingerprint density at radius 3 is 3.06 bits per heavy atom. The summed E-state index contributed by atoms with van der Waals surface area (Å²) in [4.78, 5) is 11.7. The largest absolute Gasteiger partial charge is 0.383 e. The van der Waals surface area contributed by atoms with E-state index >= 15 is 0 Å². The first-order chi connectivity index (χ1) is 8.29. The van der Waals surface area contributed by atoms with Crippen LogP contribution in [0.5, 0.6) is 0 Å². The van der Waals surface area contributed by atoms with E-state index < -0.39 is 0 Å². The van der Waals surface area contributed by atoms with Crippen molar-refractivity contribution in [3.63, 3.8) is 0 Å². The van der Waals surface area contributed by atoms with Gasteiger partial charge < -0.3 is 5.32 Å². The Bertz CT molecular complexity index is 491. The first-order valence-corrected chi connectivity index (χ1v) is 6.00. The second kappa shape index (κ2) is 5.53. The van der Waals surface area contributed by atoms with Crippen LogP contribution in [0, 0.1) is 17.8 Å². The third-order valence-corrected chi connectivity index (χ3v) is 2.79. The molecule has 0 atom stereocenters. The highest BCUT2D eigenvalue weighted by Crippen LogP contribution is 2.28. The van der Waals surface area contributed by atoms with Crippen molar-refractivity contribution in [2.45, 2.75) is 32.7 Å². The Balaban J connectivity index is 1.94. The minimum absolute atomic E-state index is 0.0660. The zero-order valence-electron chi connectivity index (χ0n) is 10.1. The molecule has 1 fully saturated rings. The van der Waals surface area contributed by atoms with Gasteiger partial charge in [0.2, 0.25) is 0 Å². The number of nitrogens with one attached hydrogen (secondary N) is 1. The van der Waals surface area contributed by atoms with Crippen LogP contribution in [0.4, 0.5) is 5.69 Å². The van der Waals surface area contributed by atoms with Crippen LogP contribution in [0.3, 0.4) is 0 Å². The van der Waals surface area contributed by atoms with Crippen molar-refractivity contribution in [3.8, 4) is 11.8 Å². The quantitative estimate of drug-likeness (QED) is 0.781. The molecule has 0 radical (unpaired) electrons. The van der Waals surface area contributed by atoms with Crippen molar-refractivity contribution < 1.29 is 0 Å². The maximum Gasteiger partial charge on any atom is 0.268 e. The zero-order valence-corrected chi connectivity index (χ0v) is 10.1. The number of rotatable bonds is 5. The van der Waals surface area contributed by atoms with E-state index in [1.807, 2.05) is 0 Å². The van der Waals surface area contributed by atoms with Gasteiger partial charge in [0.25, 0.3) is 5.56 Å². The van der Waals surface area contributed by atoms with Crippen molar-refractivity contribution in [1.82, 2.24) is 9.78 Å². The Morgan fingerprint density at radius 1 is 1.59 bits per heavy atom. The third-order valence-electron chi connectivity index (χ3n) is 2.79. The molecule has 1 heterocycles. The van der Waals surface area contributed by atoms with Crippen molar-refractivity contribution >= 4 is 5.69 Å². The van der Waals surface area contributed by atoms with E-state index in [-0.39, 0.29) is 5.56 Å². The number of hydrogen-bond acceptors (Lipinski definition) is 3. The maximum absolute atomic E-state index is 11.7. The summed E-state index contributed by atoms with van der Waals surface area (Å²) in [5.41, 5.74) is 0.753. The Labute approximate surface area is 101 Å². The van der Waals surface area contributed by atoms with Crippen LogP contribution in [0.2, 0.25) is 0 Å². The molecule has 2 rings (SSSR count). The van der Waals surface area contributed by atoms with Crippen LogP contribution in [-0.2, 0) is 6.54 Å². The normalized spacial score (nSPS) is 13.9. The Hall–Kier alpha value is -1.76. The Kier molecular flexibility index (Phi) is 3.81. The van der Waals surface area contributed by atoms with E-state index in [1.54, 1.807) is 19.2 Å².